The number of aromatic nitrogens is 3. The summed E-state index contributed by atoms with van der Waals surface area (Å²) >= 11 is 0. The topological polar surface area (TPSA) is 106 Å². The maximum absolute atomic E-state index is 12.8. The van der Waals surface area contributed by atoms with Crippen molar-refractivity contribution in [2.75, 3.05) is 0 Å². The summed E-state index contributed by atoms with van der Waals surface area (Å²) in [6.07, 6.45) is 0.832. The number of ether oxygens (including phenoxy) is 1. The molecule has 170 valence electrons. The van der Waals surface area contributed by atoms with Crippen molar-refractivity contribution in [3.05, 3.63) is 78.1 Å². The second-order valence-electron chi connectivity index (χ2n) is 9.27. The highest BCUT2D eigenvalue weighted by molar-refractivity contribution is 5.89. The molecule has 2 aromatic carbocycles. The summed E-state index contributed by atoms with van der Waals surface area (Å²) in [4.78, 5) is 29.7. The number of benzene rings is 2. The van der Waals surface area contributed by atoms with E-state index in [4.69, 9.17) is 4.74 Å². The summed E-state index contributed by atoms with van der Waals surface area (Å²) in [6.45, 7) is 5.84. The second kappa shape index (κ2) is 8.54. The first-order valence-corrected chi connectivity index (χ1v) is 10.6. The third-order valence-corrected chi connectivity index (χ3v) is 5.42. The van der Waals surface area contributed by atoms with Crippen LogP contribution < -0.4 is 5.32 Å². The predicted molar refractivity (Wildman–Crippen MR) is 124 cm³/mol. The van der Waals surface area contributed by atoms with Crippen molar-refractivity contribution < 1.29 is 19.4 Å². The fraction of sp³-hybridized carbons (Fsp3) is 0.280. The maximum atomic E-state index is 12.8. The number of hydrogen-bond donors (Lipinski definition) is 2. The van der Waals surface area contributed by atoms with Crippen molar-refractivity contribution in [2.24, 2.45) is 5.41 Å². The van der Waals surface area contributed by atoms with Crippen LogP contribution in [0.4, 0.5) is 4.79 Å². The van der Waals surface area contributed by atoms with Gasteiger partial charge in [0.05, 0.1) is 5.52 Å². The monoisotopic (exact) mass is 446 g/mol. The van der Waals surface area contributed by atoms with E-state index in [1.165, 1.54) is 6.33 Å². The SMILES string of the molecule is CC(C)(C)C[C@](NC(=O)OCc1ccccc1)(C(=O)O)c1ccc2c(ccc3ncnn32)c1. The van der Waals surface area contributed by atoms with E-state index in [1.807, 2.05) is 63.2 Å². The molecule has 0 spiro atoms. The molecule has 0 bridgehead atoms. The molecule has 0 saturated heterocycles. The number of aliphatic carboxylic acids is 1. The van der Waals surface area contributed by atoms with Crippen LogP contribution in [0.15, 0.2) is 67.0 Å². The molecule has 0 aliphatic rings. The van der Waals surface area contributed by atoms with Crippen LogP contribution in [-0.4, -0.2) is 31.8 Å². The van der Waals surface area contributed by atoms with Gasteiger partial charge in [0.2, 0.25) is 0 Å². The Balaban J connectivity index is 1.72. The Morgan fingerprint density at radius 3 is 2.52 bits per heavy atom. The molecule has 2 aromatic heterocycles. The van der Waals surface area contributed by atoms with Crippen molar-refractivity contribution >= 4 is 28.6 Å². The highest BCUT2D eigenvalue weighted by atomic mass is 16.5. The van der Waals surface area contributed by atoms with Gasteiger partial charge in [-0.15, -0.1) is 0 Å². The molecule has 0 aliphatic heterocycles. The van der Waals surface area contributed by atoms with E-state index >= 15 is 0 Å². The van der Waals surface area contributed by atoms with Crippen LogP contribution in [0, 0.1) is 5.41 Å². The van der Waals surface area contributed by atoms with Crippen LogP contribution in [0.25, 0.3) is 16.6 Å². The van der Waals surface area contributed by atoms with E-state index in [-0.39, 0.29) is 13.0 Å². The minimum Gasteiger partial charge on any atom is -0.479 e. The van der Waals surface area contributed by atoms with Gasteiger partial charge in [-0.3, -0.25) is 0 Å². The fourth-order valence-electron chi connectivity index (χ4n) is 4.06. The first-order valence-electron chi connectivity index (χ1n) is 10.6. The first-order chi connectivity index (χ1) is 15.7. The van der Waals surface area contributed by atoms with Crippen LogP contribution in [0.3, 0.4) is 0 Å². The average Bonchev–Trinajstić information content (AvgIpc) is 3.26. The van der Waals surface area contributed by atoms with Crippen molar-refractivity contribution in [3.63, 3.8) is 0 Å². The van der Waals surface area contributed by atoms with E-state index in [0.717, 1.165) is 16.5 Å². The van der Waals surface area contributed by atoms with Crippen LogP contribution in [0.1, 0.15) is 38.3 Å². The normalized spacial score (nSPS) is 13.5. The van der Waals surface area contributed by atoms with Crippen molar-refractivity contribution in [1.82, 2.24) is 19.9 Å². The van der Waals surface area contributed by atoms with Gasteiger partial charge in [-0.2, -0.15) is 5.10 Å². The number of nitrogens with zero attached hydrogens (tertiary/aromatic N) is 3. The zero-order valence-electron chi connectivity index (χ0n) is 18.8. The molecule has 33 heavy (non-hydrogen) atoms. The number of hydrogen-bond acceptors (Lipinski definition) is 5. The molecule has 2 N–H and O–H groups in total. The van der Waals surface area contributed by atoms with Gasteiger partial charge in [-0.25, -0.2) is 19.1 Å². The Labute approximate surface area is 191 Å². The third kappa shape index (κ3) is 4.64. The molecule has 0 unspecified atom stereocenters. The van der Waals surface area contributed by atoms with E-state index in [9.17, 15) is 14.7 Å². The molecule has 0 fully saturated rings. The van der Waals surface area contributed by atoms with Crippen molar-refractivity contribution in [3.8, 4) is 0 Å². The minimum absolute atomic E-state index is 0.0416. The van der Waals surface area contributed by atoms with E-state index in [0.29, 0.717) is 11.2 Å². The molecule has 0 radical (unpaired) electrons. The Kier molecular flexibility index (Phi) is 5.76. The lowest BCUT2D eigenvalue weighted by atomic mass is 9.75. The smallest absolute Gasteiger partial charge is 0.408 e. The largest absolute Gasteiger partial charge is 0.479 e. The van der Waals surface area contributed by atoms with E-state index < -0.39 is 23.0 Å². The number of carboxylic acids is 1. The average molecular weight is 447 g/mol. The number of carboxylic acid groups (broad SMARTS) is 1. The van der Waals surface area contributed by atoms with Crippen molar-refractivity contribution in [1.29, 1.82) is 0 Å². The third-order valence-electron chi connectivity index (χ3n) is 5.42. The first kappa shape index (κ1) is 22.3. The number of fused-ring (bicyclic) bond motifs is 3. The summed E-state index contributed by atoms with van der Waals surface area (Å²) in [5, 5.41) is 18.1. The second-order valence-corrected chi connectivity index (χ2v) is 9.27. The number of amides is 1. The minimum atomic E-state index is -1.68. The summed E-state index contributed by atoms with van der Waals surface area (Å²) in [7, 11) is 0. The standard InChI is InChI=1S/C25H26N4O4/c1-24(2,3)15-25(22(30)31,28-23(32)33-14-17-7-5-4-6-8-17)19-10-11-20-18(13-19)9-12-21-26-16-27-29(20)21/h4-13,16H,14-15H2,1-3H3,(H,28,32)(H,30,31)/t25-/m1/s1. The quantitative estimate of drug-likeness (QED) is 0.451. The zero-order chi connectivity index (χ0) is 23.6. The summed E-state index contributed by atoms with van der Waals surface area (Å²) in [6, 6.07) is 18.2. The van der Waals surface area contributed by atoms with E-state index in [2.05, 4.69) is 15.4 Å². The van der Waals surface area contributed by atoms with Gasteiger partial charge >= 0.3 is 12.1 Å². The van der Waals surface area contributed by atoms with Gasteiger partial charge in [0, 0.05) is 5.39 Å². The molecule has 1 atom stereocenters. The maximum Gasteiger partial charge on any atom is 0.408 e. The summed E-state index contributed by atoms with van der Waals surface area (Å²) in [5.74, 6) is -1.16. The van der Waals surface area contributed by atoms with Gasteiger partial charge in [0.25, 0.3) is 0 Å². The Morgan fingerprint density at radius 1 is 1.06 bits per heavy atom. The molecular formula is C25H26N4O4. The zero-order valence-corrected chi connectivity index (χ0v) is 18.8. The Hall–Kier alpha value is -3.94. The molecule has 4 rings (SSSR count). The van der Waals surface area contributed by atoms with Crippen molar-refractivity contribution in [2.45, 2.75) is 39.3 Å². The van der Waals surface area contributed by atoms with Gasteiger partial charge in [-0.1, -0.05) is 57.2 Å². The number of pyridine rings is 1. The number of nitrogens with one attached hydrogen (secondary N) is 1. The summed E-state index contributed by atoms with van der Waals surface area (Å²) < 4.78 is 7.06. The molecule has 0 saturated carbocycles. The molecule has 8 nitrogen and oxygen atoms in total. The lowest BCUT2D eigenvalue weighted by Crippen LogP contribution is -2.54. The molecule has 4 aromatic rings. The van der Waals surface area contributed by atoms with Crippen LogP contribution in [0.2, 0.25) is 0 Å². The number of carbonyl (C=O) groups is 2. The highest BCUT2D eigenvalue weighted by Gasteiger charge is 2.45. The Bertz CT molecular complexity index is 1310. The molecule has 2 heterocycles. The lowest BCUT2D eigenvalue weighted by Gasteiger charge is -2.36. The molecular weight excluding hydrogens is 420 g/mol. The van der Waals surface area contributed by atoms with Gasteiger partial charge in [0.15, 0.2) is 11.2 Å². The fourth-order valence-corrected chi connectivity index (χ4v) is 4.06. The summed E-state index contributed by atoms with van der Waals surface area (Å²) in [5.41, 5.74) is 0.654. The number of rotatable bonds is 6. The molecule has 1 amide bonds. The van der Waals surface area contributed by atoms with Gasteiger partial charge < -0.3 is 15.2 Å². The van der Waals surface area contributed by atoms with Gasteiger partial charge in [-0.05, 0) is 47.2 Å². The lowest BCUT2D eigenvalue weighted by molar-refractivity contribution is -0.146. The molecule has 0 aliphatic carbocycles. The van der Waals surface area contributed by atoms with Crippen LogP contribution in [0.5, 0.6) is 0 Å². The Morgan fingerprint density at radius 2 is 1.82 bits per heavy atom. The van der Waals surface area contributed by atoms with Crippen LogP contribution >= 0.6 is 0 Å². The number of alkyl carbamates (subject to hydrolysis) is 1. The molecule has 8 heteroatoms. The van der Waals surface area contributed by atoms with E-state index in [1.54, 1.807) is 22.7 Å². The van der Waals surface area contributed by atoms with Gasteiger partial charge in [0.1, 0.15) is 12.9 Å². The highest BCUT2D eigenvalue weighted by Crippen LogP contribution is 2.37. The number of carbonyl (C=O) groups excluding carboxylic acids is 1. The predicted octanol–water partition coefficient (Wildman–Crippen LogP) is 4.53. The van der Waals surface area contributed by atoms with Crippen LogP contribution in [-0.2, 0) is 21.7 Å².